The van der Waals surface area contributed by atoms with Crippen LogP contribution < -0.4 is 21.3 Å². The number of nitrogens with one attached hydrogen (secondary N) is 4. The molecule has 0 rings (SSSR count). The lowest BCUT2D eigenvalue weighted by molar-refractivity contribution is -0.122. The van der Waals surface area contributed by atoms with Gasteiger partial charge in [0, 0.05) is 24.8 Å². The van der Waals surface area contributed by atoms with E-state index in [1.54, 1.807) is 7.05 Å². The van der Waals surface area contributed by atoms with E-state index in [0.29, 0.717) is 32.2 Å². The van der Waals surface area contributed by atoms with Crippen molar-refractivity contribution in [3.05, 3.63) is 0 Å². The number of amides is 2. The second-order valence-corrected chi connectivity index (χ2v) is 3.77. The third kappa shape index (κ3) is 9.42. The van der Waals surface area contributed by atoms with Crippen LogP contribution in [0.3, 0.4) is 0 Å². The van der Waals surface area contributed by atoms with Crippen molar-refractivity contribution < 1.29 is 15.3 Å². The molecule has 0 saturated heterocycles. The second-order valence-electron chi connectivity index (χ2n) is 3.77. The van der Waals surface area contributed by atoms with E-state index in [1.807, 2.05) is 13.8 Å². The van der Waals surface area contributed by atoms with Crippen molar-refractivity contribution in [3.63, 3.8) is 0 Å². The fraction of sp³-hybridized carbons (Fsp3) is 0.800. The van der Waals surface area contributed by atoms with Gasteiger partial charge in [0.05, 0.1) is 13.1 Å². The summed E-state index contributed by atoms with van der Waals surface area (Å²) in [5.74, 6) is -0.131. The minimum Gasteiger partial charge on any atom is -0.353 e. The normalized spacial score (nSPS) is 10.2. The molecule has 0 saturated carbocycles. The smallest absolute Gasteiger partial charge is 0.234 e. The number of carbonyl (C=O) groups excluding carboxylic acids is 2. The maximum absolute atomic E-state index is 11.2. The van der Waals surface area contributed by atoms with E-state index >= 15 is 0 Å². The van der Waals surface area contributed by atoms with Crippen molar-refractivity contribution >= 4 is 11.8 Å². The van der Waals surface area contributed by atoms with Crippen molar-refractivity contribution in [2.75, 3.05) is 33.2 Å². The summed E-state index contributed by atoms with van der Waals surface area (Å²) in [6.45, 7) is 5.46. The topological polar surface area (TPSA) is 82.3 Å². The van der Waals surface area contributed by atoms with Gasteiger partial charge < -0.3 is 21.3 Å². The first-order valence-electron chi connectivity index (χ1n) is 5.47. The molecule has 0 bridgehead atoms. The molecule has 0 atom stereocenters. The van der Waals surface area contributed by atoms with E-state index in [2.05, 4.69) is 21.3 Å². The molecular formula is C10H30N4O2. The van der Waals surface area contributed by atoms with Crippen LogP contribution in [-0.2, 0) is 9.59 Å². The highest BCUT2D eigenvalue weighted by Gasteiger charge is 2.01. The number of hydrogen-bond donors (Lipinski definition) is 4. The first-order chi connectivity index (χ1) is 7.56. The summed E-state index contributed by atoms with van der Waals surface area (Å²) in [5.41, 5.74) is 0. The van der Waals surface area contributed by atoms with Gasteiger partial charge in [0.25, 0.3) is 0 Å². The highest BCUT2D eigenvalue weighted by Crippen LogP contribution is 1.74. The molecule has 4 N–H and O–H groups in total. The molecule has 0 aliphatic heterocycles. The molecule has 6 heteroatoms. The molecular weight excluding hydrogens is 208 g/mol. The Bertz CT molecular complexity index is 233. The minimum absolute atomic E-state index is 0. The summed E-state index contributed by atoms with van der Waals surface area (Å²) in [6, 6.07) is 0.293. The van der Waals surface area contributed by atoms with Crippen molar-refractivity contribution in [2.45, 2.75) is 19.9 Å². The van der Waals surface area contributed by atoms with Crippen molar-refractivity contribution in [1.82, 2.24) is 21.3 Å². The molecule has 0 aliphatic rings. The van der Waals surface area contributed by atoms with Crippen LogP contribution in [0, 0.1) is 0 Å². The minimum atomic E-state index is -0.0722. The standard InChI is InChI=1S/C10H22N4O2.4H2/c1-8(2)14-7-10(16)13-5-4-12-9(15)6-11-3;;;;/h8,11,14H,4-7H2,1-3H3,(H,12,15)(H,13,16);4*1H. The summed E-state index contributed by atoms with van der Waals surface area (Å²) in [5, 5.41) is 11.1. The maximum Gasteiger partial charge on any atom is 0.234 e. The zero-order valence-electron chi connectivity index (χ0n) is 10.2. The molecule has 6 nitrogen and oxygen atoms in total. The molecule has 102 valence electrons. The quantitative estimate of drug-likeness (QED) is 0.426. The van der Waals surface area contributed by atoms with Crippen LogP contribution in [0.4, 0.5) is 0 Å². The molecule has 0 aromatic heterocycles. The Morgan fingerprint density at radius 2 is 1.56 bits per heavy atom. The summed E-state index contributed by atoms with van der Waals surface area (Å²) >= 11 is 0. The molecule has 0 aliphatic carbocycles. The first kappa shape index (κ1) is 14.9. The zero-order valence-corrected chi connectivity index (χ0v) is 10.2. The summed E-state index contributed by atoms with van der Waals surface area (Å²) in [4.78, 5) is 22.2. The van der Waals surface area contributed by atoms with Crippen LogP contribution in [0.1, 0.15) is 19.6 Å². The Kier molecular flexibility index (Phi) is 8.46. The number of rotatable bonds is 8. The first-order valence-corrected chi connectivity index (χ1v) is 5.47. The number of carbonyl (C=O) groups is 2. The van der Waals surface area contributed by atoms with Gasteiger partial charge >= 0.3 is 0 Å². The van der Waals surface area contributed by atoms with E-state index in [-0.39, 0.29) is 17.5 Å². The van der Waals surface area contributed by atoms with Crippen molar-refractivity contribution in [2.24, 2.45) is 0 Å². The largest absolute Gasteiger partial charge is 0.353 e. The Morgan fingerprint density at radius 3 is 2.00 bits per heavy atom. The third-order valence-corrected chi connectivity index (χ3v) is 1.78. The van der Waals surface area contributed by atoms with Gasteiger partial charge in [-0.25, -0.2) is 0 Å². The average molecular weight is 238 g/mol. The van der Waals surface area contributed by atoms with E-state index in [9.17, 15) is 9.59 Å². The van der Waals surface area contributed by atoms with E-state index in [4.69, 9.17) is 0 Å². The van der Waals surface area contributed by atoms with Gasteiger partial charge in [-0.05, 0) is 7.05 Å². The van der Waals surface area contributed by atoms with Crippen LogP contribution in [0.25, 0.3) is 0 Å². The SMILES string of the molecule is CNCC(=O)NCCNC(=O)CNC(C)C.[HH].[HH].[HH].[HH]. The Hall–Kier alpha value is -1.14. The molecule has 0 unspecified atom stereocenters. The Labute approximate surface area is 102 Å². The summed E-state index contributed by atoms with van der Waals surface area (Å²) in [6.07, 6.45) is 0. The van der Waals surface area contributed by atoms with E-state index in [1.165, 1.54) is 0 Å². The predicted molar refractivity (Wildman–Crippen MR) is 71.5 cm³/mol. The molecule has 0 spiro atoms. The number of likely N-dealkylation sites (N-methyl/N-ethyl adjacent to an activating group) is 1. The van der Waals surface area contributed by atoms with Crippen LogP contribution in [-0.4, -0.2) is 51.1 Å². The van der Waals surface area contributed by atoms with Gasteiger partial charge in [0.15, 0.2) is 0 Å². The summed E-state index contributed by atoms with van der Waals surface area (Å²) < 4.78 is 0. The van der Waals surface area contributed by atoms with Crippen LogP contribution in [0.2, 0.25) is 0 Å². The van der Waals surface area contributed by atoms with Crippen molar-refractivity contribution in [1.29, 1.82) is 0 Å². The molecule has 0 radical (unpaired) electrons. The van der Waals surface area contributed by atoms with Gasteiger partial charge in [0.1, 0.15) is 0 Å². The van der Waals surface area contributed by atoms with Crippen LogP contribution in [0.5, 0.6) is 0 Å². The van der Waals surface area contributed by atoms with Gasteiger partial charge in [-0.2, -0.15) is 0 Å². The molecule has 0 fully saturated rings. The molecule has 0 aromatic carbocycles. The maximum atomic E-state index is 11.2. The average Bonchev–Trinajstić information content (AvgIpc) is 2.22. The molecule has 0 heterocycles. The molecule has 2 amide bonds. The monoisotopic (exact) mass is 238 g/mol. The van der Waals surface area contributed by atoms with Crippen molar-refractivity contribution in [3.8, 4) is 0 Å². The Balaban J connectivity index is -0.000000187. The van der Waals surface area contributed by atoms with Crippen LogP contribution in [0.15, 0.2) is 0 Å². The predicted octanol–water partition coefficient (Wildman–Crippen LogP) is -0.580. The van der Waals surface area contributed by atoms with Gasteiger partial charge in [-0.15, -0.1) is 0 Å². The van der Waals surface area contributed by atoms with Gasteiger partial charge in [0.2, 0.25) is 11.8 Å². The van der Waals surface area contributed by atoms with Gasteiger partial charge in [-0.3, -0.25) is 9.59 Å². The second kappa shape index (κ2) is 9.11. The lowest BCUT2D eigenvalue weighted by Gasteiger charge is -2.09. The van der Waals surface area contributed by atoms with Gasteiger partial charge in [-0.1, -0.05) is 13.8 Å². The van der Waals surface area contributed by atoms with E-state index < -0.39 is 0 Å². The van der Waals surface area contributed by atoms with E-state index in [0.717, 1.165) is 0 Å². The zero-order chi connectivity index (χ0) is 12.4. The fourth-order valence-corrected chi connectivity index (χ4v) is 0.986. The fourth-order valence-electron chi connectivity index (χ4n) is 0.986. The number of hydrogen-bond acceptors (Lipinski definition) is 4. The lowest BCUT2D eigenvalue weighted by Crippen LogP contribution is -2.41. The lowest BCUT2D eigenvalue weighted by atomic mass is 10.4. The third-order valence-electron chi connectivity index (χ3n) is 1.78. The highest BCUT2D eigenvalue weighted by atomic mass is 16.2. The highest BCUT2D eigenvalue weighted by molar-refractivity contribution is 5.79. The molecule has 0 aromatic rings. The Morgan fingerprint density at radius 1 is 1.06 bits per heavy atom. The summed E-state index contributed by atoms with van der Waals surface area (Å²) in [7, 11) is 1.71. The van der Waals surface area contributed by atoms with Crippen LogP contribution >= 0.6 is 0 Å². The molecule has 16 heavy (non-hydrogen) atoms.